The van der Waals surface area contributed by atoms with Crippen LogP contribution >= 0.6 is 0 Å². The summed E-state index contributed by atoms with van der Waals surface area (Å²) < 4.78 is 0. The van der Waals surface area contributed by atoms with E-state index in [0.717, 1.165) is 12.8 Å². The maximum Gasteiger partial charge on any atom is 0.0520 e. The standard InChI is InChI=1S/C14H22O/c1-5-12-6-8-13(9-7-12)14(3,4)10-11(2)15/h6-9,11,15H,5,10H2,1-4H3. The second kappa shape index (κ2) is 4.80. The Hall–Kier alpha value is -0.820. The van der Waals surface area contributed by atoms with Gasteiger partial charge in [0.05, 0.1) is 6.10 Å². The minimum atomic E-state index is -0.245. The third-order valence-corrected chi connectivity index (χ3v) is 2.95. The van der Waals surface area contributed by atoms with Crippen LogP contribution in [0.2, 0.25) is 0 Å². The van der Waals surface area contributed by atoms with Crippen molar-refractivity contribution in [1.29, 1.82) is 0 Å². The summed E-state index contributed by atoms with van der Waals surface area (Å²) in [6.45, 7) is 8.37. The molecule has 0 saturated carbocycles. The lowest BCUT2D eigenvalue weighted by Gasteiger charge is -2.26. The maximum atomic E-state index is 9.45. The van der Waals surface area contributed by atoms with Crippen molar-refractivity contribution >= 4 is 0 Å². The van der Waals surface area contributed by atoms with Crippen molar-refractivity contribution in [3.63, 3.8) is 0 Å². The third-order valence-electron chi connectivity index (χ3n) is 2.95. The van der Waals surface area contributed by atoms with Crippen molar-refractivity contribution in [2.75, 3.05) is 0 Å². The van der Waals surface area contributed by atoms with Gasteiger partial charge in [0, 0.05) is 0 Å². The zero-order chi connectivity index (χ0) is 11.5. The number of aliphatic hydroxyl groups is 1. The fraction of sp³-hybridized carbons (Fsp3) is 0.571. The number of hydrogen-bond donors (Lipinski definition) is 1. The number of aryl methyl sites for hydroxylation is 1. The first-order valence-electron chi connectivity index (χ1n) is 5.73. The van der Waals surface area contributed by atoms with Crippen LogP contribution in [0.5, 0.6) is 0 Å². The Kier molecular flexibility index (Phi) is 3.92. The highest BCUT2D eigenvalue weighted by Crippen LogP contribution is 2.28. The van der Waals surface area contributed by atoms with E-state index in [4.69, 9.17) is 0 Å². The number of benzene rings is 1. The predicted molar refractivity (Wildman–Crippen MR) is 65.1 cm³/mol. The minimum Gasteiger partial charge on any atom is -0.393 e. The first-order chi connectivity index (χ1) is 6.95. The van der Waals surface area contributed by atoms with Gasteiger partial charge < -0.3 is 5.11 Å². The number of hydrogen-bond acceptors (Lipinski definition) is 1. The Balaban J connectivity index is 2.85. The summed E-state index contributed by atoms with van der Waals surface area (Å²) in [5.41, 5.74) is 2.73. The van der Waals surface area contributed by atoms with Crippen molar-refractivity contribution in [3.05, 3.63) is 35.4 Å². The van der Waals surface area contributed by atoms with Crippen LogP contribution < -0.4 is 0 Å². The van der Waals surface area contributed by atoms with Gasteiger partial charge in [-0.05, 0) is 36.3 Å². The van der Waals surface area contributed by atoms with E-state index in [-0.39, 0.29) is 11.5 Å². The van der Waals surface area contributed by atoms with E-state index in [0.29, 0.717) is 0 Å². The van der Waals surface area contributed by atoms with Crippen molar-refractivity contribution in [1.82, 2.24) is 0 Å². The summed E-state index contributed by atoms with van der Waals surface area (Å²) in [7, 11) is 0. The molecule has 0 radical (unpaired) electrons. The monoisotopic (exact) mass is 206 g/mol. The van der Waals surface area contributed by atoms with E-state index in [9.17, 15) is 5.11 Å². The molecule has 0 aliphatic carbocycles. The molecule has 0 aliphatic heterocycles. The van der Waals surface area contributed by atoms with Crippen LogP contribution in [0.3, 0.4) is 0 Å². The fourth-order valence-electron chi connectivity index (χ4n) is 2.05. The minimum absolute atomic E-state index is 0.0560. The van der Waals surface area contributed by atoms with Gasteiger partial charge in [-0.1, -0.05) is 45.0 Å². The van der Waals surface area contributed by atoms with Crippen LogP contribution in [-0.4, -0.2) is 11.2 Å². The van der Waals surface area contributed by atoms with Crippen molar-refractivity contribution in [3.8, 4) is 0 Å². The Morgan fingerprint density at radius 3 is 2.13 bits per heavy atom. The van der Waals surface area contributed by atoms with Crippen LogP contribution in [0.1, 0.15) is 45.2 Å². The molecule has 0 amide bonds. The summed E-state index contributed by atoms with van der Waals surface area (Å²) in [4.78, 5) is 0. The molecule has 0 heterocycles. The van der Waals surface area contributed by atoms with Gasteiger partial charge in [0.1, 0.15) is 0 Å². The zero-order valence-electron chi connectivity index (χ0n) is 10.2. The number of rotatable bonds is 4. The molecule has 1 aromatic rings. The topological polar surface area (TPSA) is 20.2 Å². The molecule has 0 bridgehead atoms. The predicted octanol–water partition coefficient (Wildman–Crippen LogP) is 3.30. The Morgan fingerprint density at radius 1 is 1.20 bits per heavy atom. The maximum absolute atomic E-state index is 9.45. The highest BCUT2D eigenvalue weighted by molar-refractivity contribution is 5.28. The quantitative estimate of drug-likeness (QED) is 0.801. The van der Waals surface area contributed by atoms with Crippen molar-refractivity contribution < 1.29 is 5.11 Å². The molecule has 0 fully saturated rings. The van der Waals surface area contributed by atoms with Crippen LogP contribution in [0.15, 0.2) is 24.3 Å². The SMILES string of the molecule is CCc1ccc(C(C)(C)CC(C)O)cc1. The van der Waals surface area contributed by atoms with E-state index in [1.54, 1.807) is 0 Å². The first kappa shape index (κ1) is 12.3. The van der Waals surface area contributed by atoms with E-state index < -0.39 is 0 Å². The molecule has 84 valence electrons. The lowest BCUT2D eigenvalue weighted by atomic mass is 9.80. The first-order valence-corrected chi connectivity index (χ1v) is 5.73. The molecule has 0 aliphatic rings. The number of aliphatic hydroxyl groups excluding tert-OH is 1. The van der Waals surface area contributed by atoms with Gasteiger partial charge in [-0.3, -0.25) is 0 Å². The molecule has 0 aromatic heterocycles. The third kappa shape index (κ3) is 3.35. The zero-order valence-corrected chi connectivity index (χ0v) is 10.2. The molecule has 1 unspecified atom stereocenters. The lowest BCUT2D eigenvalue weighted by molar-refractivity contribution is 0.157. The molecule has 1 atom stereocenters. The Morgan fingerprint density at radius 2 is 1.73 bits per heavy atom. The van der Waals surface area contributed by atoms with Gasteiger partial charge in [-0.15, -0.1) is 0 Å². The molecular formula is C14H22O. The van der Waals surface area contributed by atoms with E-state index >= 15 is 0 Å². The summed E-state index contributed by atoms with van der Waals surface area (Å²) in [6.07, 6.45) is 1.64. The molecule has 0 spiro atoms. The summed E-state index contributed by atoms with van der Waals surface area (Å²) in [5.74, 6) is 0. The largest absolute Gasteiger partial charge is 0.393 e. The molecular weight excluding hydrogens is 184 g/mol. The van der Waals surface area contributed by atoms with Gasteiger partial charge in [0.15, 0.2) is 0 Å². The molecule has 1 nitrogen and oxygen atoms in total. The fourth-order valence-corrected chi connectivity index (χ4v) is 2.05. The van der Waals surface area contributed by atoms with Gasteiger partial charge in [0.25, 0.3) is 0 Å². The highest BCUT2D eigenvalue weighted by Gasteiger charge is 2.22. The summed E-state index contributed by atoms with van der Waals surface area (Å²) in [5, 5.41) is 9.45. The van der Waals surface area contributed by atoms with Gasteiger partial charge in [0.2, 0.25) is 0 Å². The Bertz CT molecular complexity index is 296. The second-order valence-electron chi connectivity index (χ2n) is 4.99. The Labute approximate surface area is 93.1 Å². The van der Waals surface area contributed by atoms with Crippen LogP contribution in [0.25, 0.3) is 0 Å². The molecule has 1 rings (SSSR count). The van der Waals surface area contributed by atoms with Crippen LogP contribution in [0, 0.1) is 0 Å². The van der Waals surface area contributed by atoms with Gasteiger partial charge >= 0.3 is 0 Å². The van der Waals surface area contributed by atoms with Crippen LogP contribution in [-0.2, 0) is 11.8 Å². The second-order valence-corrected chi connectivity index (χ2v) is 4.99. The lowest BCUT2D eigenvalue weighted by Crippen LogP contribution is -2.22. The van der Waals surface area contributed by atoms with Gasteiger partial charge in [-0.25, -0.2) is 0 Å². The highest BCUT2D eigenvalue weighted by atomic mass is 16.3. The van der Waals surface area contributed by atoms with Crippen molar-refractivity contribution in [2.45, 2.75) is 52.1 Å². The normalized spacial score (nSPS) is 13.9. The molecule has 1 aromatic carbocycles. The molecule has 0 saturated heterocycles. The van der Waals surface area contributed by atoms with Crippen molar-refractivity contribution in [2.24, 2.45) is 0 Å². The average Bonchev–Trinajstić information content (AvgIpc) is 2.16. The molecule has 15 heavy (non-hydrogen) atoms. The van der Waals surface area contributed by atoms with Crippen LogP contribution in [0.4, 0.5) is 0 Å². The van der Waals surface area contributed by atoms with E-state index in [1.807, 2.05) is 6.92 Å². The smallest absolute Gasteiger partial charge is 0.0520 e. The van der Waals surface area contributed by atoms with E-state index in [2.05, 4.69) is 45.0 Å². The average molecular weight is 206 g/mol. The van der Waals surface area contributed by atoms with E-state index in [1.165, 1.54) is 11.1 Å². The van der Waals surface area contributed by atoms with Gasteiger partial charge in [-0.2, -0.15) is 0 Å². The molecule has 1 N–H and O–H groups in total. The summed E-state index contributed by atoms with van der Waals surface area (Å²) in [6, 6.07) is 8.72. The molecule has 1 heteroatoms. The summed E-state index contributed by atoms with van der Waals surface area (Å²) >= 11 is 0.